The lowest BCUT2D eigenvalue weighted by Crippen LogP contribution is -2.46. The van der Waals surface area contributed by atoms with E-state index < -0.39 is 17.7 Å². The van der Waals surface area contributed by atoms with E-state index in [0.717, 1.165) is 70.0 Å². The number of phenolic OH excluding ortho intramolecular Hbond substituents is 1. The van der Waals surface area contributed by atoms with E-state index in [2.05, 4.69) is 30.1 Å². The third-order valence-corrected chi connectivity index (χ3v) is 8.99. The van der Waals surface area contributed by atoms with Crippen LogP contribution in [0.1, 0.15) is 77.2 Å². The van der Waals surface area contributed by atoms with Gasteiger partial charge >= 0.3 is 5.97 Å². The number of ether oxygens (including phenoxy) is 4. The zero-order valence-electron chi connectivity index (χ0n) is 30.6. The number of phenols is 1. The predicted octanol–water partition coefficient (Wildman–Crippen LogP) is 8.07. The molecule has 1 N–H and O–H groups in total. The van der Waals surface area contributed by atoms with Gasteiger partial charge in [-0.05, 0) is 95.2 Å². The van der Waals surface area contributed by atoms with Crippen LogP contribution in [0, 0.1) is 19.8 Å². The lowest BCUT2D eigenvalue weighted by atomic mass is 9.92. The van der Waals surface area contributed by atoms with E-state index in [0.29, 0.717) is 32.2 Å². The molecule has 1 aliphatic heterocycles. The summed E-state index contributed by atoms with van der Waals surface area (Å²) in [7, 11) is 1.40. The maximum absolute atomic E-state index is 13.4. The molecule has 1 atom stereocenters. The fraction of sp³-hybridized carbons (Fsp3) is 0.500. The monoisotopic (exact) mass is 671 g/mol. The van der Waals surface area contributed by atoms with Gasteiger partial charge in [0.2, 0.25) is 0 Å². The highest BCUT2D eigenvalue weighted by molar-refractivity contribution is 5.81. The Bertz CT molecular complexity index is 1760. The Labute approximate surface area is 291 Å². The third kappa shape index (κ3) is 8.63. The molecule has 1 fully saturated rings. The number of aromatic hydroxyl groups is 1. The van der Waals surface area contributed by atoms with Crippen LogP contribution < -0.4 is 4.90 Å². The number of aromatic nitrogens is 2. The van der Waals surface area contributed by atoms with E-state index in [-0.39, 0.29) is 11.4 Å². The summed E-state index contributed by atoms with van der Waals surface area (Å²) in [5, 5.41) is 10.7. The van der Waals surface area contributed by atoms with Gasteiger partial charge in [-0.2, -0.15) is 0 Å². The zero-order chi connectivity index (χ0) is 35.5. The average molecular weight is 672 g/mol. The summed E-state index contributed by atoms with van der Waals surface area (Å²) >= 11 is 0. The number of carbonyl (C=O) groups excluding carboxylic acids is 1. The number of nitrogens with zero attached hydrogens (tertiary/aromatic N) is 3. The molecule has 0 saturated carbocycles. The van der Waals surface area contributed by atoms with Crippen LogP contribution in [0.5, 0.6) is 5.75 Å². The molecule has 2 aromatic carbocycles. The predicted molar refractivity (Wildman–Crippen MR) is 194 cm³/mol. The minimum absolute atomic E-state index is 0.242. The van der Waals surface area contributed by atoms with E-state index in [1.807, 2.05) is 83.3 Å². The molecule has 0 radical (unpaired) electrons. The largest absolute Gasteiger partial charge is 0.507 e. The molecule has 264 valence electrons. The van der Waals surface area contributed by atoms with E-state index >= 15 is 0 Å². The highest BCUT2D eigenvalue weighted by Crippen LogP contribution is 2.40. The smallest absolute Gasteiger partial charge is 0.339 e. The molecule has 0 unspecified atom stereocenters. The van der Waals surface area contributed by atoms with E-state index in [1.54, 1.807) is 6.07 Å². The van der Waals surface area contributed by atoms with Crippen molar-refractivity contribution in [3.63, 3.8) is 0 Å². The second-order valence-electron chi connectivity index (χ2n) is 14.9. The van der Waals surface area contributed by atoms with Crippen LogP contribution in [0.15, 0.2) is 54.7 Å². The van der Waals surface area contributed by atoms with Crippen molar-refractivity contribution < 1.29 is 28.8 Å². The molecule has 5 rings (SSSR count). The number of pyridine rings is 1. The van der Waals surface area contributed by atoms with Crippen LogP contribution in [-0.4, -0.2) is 71.7 Å². The Hall–Kier alpha value is -3.92. The summed E-state index contributed by atoms with van der Waals surface area (Å²) in [5.41, 5.74) is 5.90. The van der Waals surface area contributed by atoms with Crippen LogP contribution in [0.2, 0.25) is 0 Å². The zero-order valence-corrected chi connectivity index (χ0v) is 30.6. The highest BCUT2D eigenvalue weighted by atomic mass is 16.6. The number of imidazole rings is 1. The number of hydrogen-bond acceptors (Lipinski definition) is 8. The molecule has 49 heavy (non-hydrogen) atoms. The molecular weight excluding hydrogens is 618 g/mol. The first kappa shape index (κ1) is 36.4. The van der Waals surface area contributed by atoms with Crippen molar-refractivity contribution in [1.82, 2.24) is 9.38 Å². The van der Waals surface area contributed by atoms with Gasteiger partial charge in [0.15, 0.2) is 6.10 Å². The van der Waals surface area contributed by atoms with Crippen molar-refractivity contribution in [1.29, 1.82) is 0 Å². The normalized spacial score (nSPS) is 15.6. The number of aryl methyl sites for hydroxylation is 2. The van der Waals surface area contributed by atoms with Crippen LogP contribution in [-0.2, 0) is 23.7 Å². The van der Waals surface area contributed by atoms with Crippen molar-refractivity contribution in [2.75, 3.05) is 44.9 Å². The molecule has 0 amide bonds. The lowest BCUT2D eigenvalue weighted by molar-refractivity contribution is -0.164. The first-order valence-corrected chi connectivity index (χ1v) is 17.3. The SMILES string of the molecule is COC(=O)[C@@H](OC(C)(C)C)c1c(C)cc2nc(-c3cccc(-c4ccc(C)cc4O)c3)cn2c1N1CCC(C)(OCCOCC(C)C)CC1. The van der Waals surface area contributed by atoms with Gasteiger partial charge in [-0.1, -0.05) is 44.2 Å². The lowest BCUT2D eigenvalue weighted by Gasteiger charge is -2.41. The van der Waals surface area contributed by atoms with Crippen LogP contribution in [0.4, 0.5) is 5.82 Å². The molecule has 0 aliphatic carbocycles. The van der Waals surface area contributed by atoms with Crippen molar-refractivity contribution in [3.8, 4) is 28.1 Å². The van der Waals surface area contributed by atoms with Crippen LogP contribution in [0.3, 0.4) is 0 Å². The van der Waals surface area contributed by atoms with Crippen molar-refractivity contribution in [2.24, 2.45) is 5.92 Å². The van der Waals surface area contributed by atoms with Gasteiger partial charge in [-0.3, -0.25) is 4.40 Å². The topological polar surface area (TPSA) is 94.8 Å². The van der Waals surface area contributed by atoms with Crippen molar-refractivity contribution >= 4 is 17.4 Å². The maximum atomic E-state index is 13.4. The average Bonchev–Trinajstić information content (AvgIpc) is 3.46. The molecule has 9 nitrogen and oxygen atoms in total. The Morgan fingerprint density at radius 1 is 1.02 bits per heavy atom. The number of anilines is 1. The number of methoxy groups -OCH3 is 1. The molecule has 1 aliphatic rings. The summed E-state index contributed by atoms with van der Waals surface area (Å²) in [6.45, 7) is 19.5. The van der Waals surface area contributed by atoms with Gasteiger partial charge in [0, 0.05) is 42.6 Å². The Morgan fingerprint density at radius 3 is 2.39 bits per heavy atom. The highest BCUT2D eigenvalue weighted by Gasteiger charge is 2.37. The third-order valence-electron chi connectivity index (χ3n) is 8.99. The summed E-state index contributed by atoms with van der Waals surface area (Å²) in [5.74, 6) is 1.15. The van der Waals surface area contributed by atoms with Gasteiger partial charge in [0.25, 0.3) is 0 Å². The van der Waals surface area contributed by atoms with Crippen LogP contribution >= 0.6 is 0 Å². The minimum atomic E-state index is -0.939. The first-order valence-electron chi connectivity index (χ1n) is 17.3. The number of carbonyl (C=O) groups is 1. The molecular formula is C40H53N3O6. The molecule has 0 bridgehead atoms. The maximum Gasteiger partial charge on any atom is 0.339 e. The number of rotatable bonds is 12. The molecule has 9 heteroatoms. The fourth-order valence-electron chi connectivity index (χ4n) is 6.45. The molecule has 3 heterocycles. The van der Waals surface area contributed by atoms with Gasteiger partial charge in [0.05, 0.1) is 37.2 Å². The molecule has 2 aromatic heterocycles. The number of fused-ring (bicyclic) bond motifs is 1. The Morgan fingerprint density at radius 2 is 1.73 bits per heavy atom. The molecule has 1 saturated heterocycles. The Balaban J connectivity index is 1.55. The molecule has 0 spiro atoms. The van der Waals surface area contributed by atoms with Crippen molar-refractivity contribution in [2.45, 2.75) is 85.5 Å². The van der Waals surface area contributed by atoms with Gasteiger partial charge in [-0.25, -0.2) is 9.78 Å². The summed E-state index contributed by atoms with van der Waals surface area (Å²) in [4.78, 5) is 20.8. The summed E-state index contributed by atoms with van der Waals surface area (Å²) in [6, 6.07) is 15.8. The van der Waals surface area contributed by atoms with Crippen molar-refractivity contribution in [3.05, 3.63) is 71.4 Å². The number of benzene rings is 2. The van der Waals surface area contributed by atoms with Gasteiger partial charge < -0.3 is 29.0 Å². The second kappa shape index (κ2) is 14.9. The summed E-state index contributed by atoms with van der Waals surface area (Å²) < 4.78 is 26.0. The van der Waals surface area contributed by atoms with E-state index in [4.69, 9.17) is 23.9 Å². The summed E-state index contributed by atoms with van der Waals surface area (Å²) in [6.07, 6.45) is 2.70. The van der Waals surface area contributed by atoms with Crippen LogP contribution in [0.25, 0.3) is 28.0 Å². The van der Waals surface area contributed by atoms with Gasteiger partial charge in [0.1, 0.15) is 17.2 Å². The Kier molecular flexibility index (Phi) is 11.1. The standard InChI is InChI=1S/C40H53N3O6/c1-26(2)25-47-19-20-48-40(8)15-17-42(18-16-40)37-35(36(38(45)46-9)49-39(5,6)7)28(4)22-34-41-32(24-43(34)37)30-12-10-11-29(23-30)31-14-13-27(3)21-33(31)44/h10-14,21-24,26,36,44H,15-20,25H2,1-9H3/t36-/m0/s1. The van der Waals surface area contributed by atoms with E-state index in [1.165, 1.54) is 7.11 Å². The van der Waals surface area contributed by atoms with E-state index in [9.17, 15) is 9.90 Å². The van der Waals surface area contributed by atoms with Gasteiger partial charge in [-0.15, -0.1) is 0 Å². The number of piperidine rings is 1. The number of esters is 1. The number of hydrogen-bond donors (Lipinski definition) is 1. The fourth-order valence-corrected chi connectivity index (χ4v) is 6.45. The molecule has 4 aromatic rings. The second-order valence-corrected chi connectivity index (χ2v) is 14.9. The first-order chi connectivity index (χ1) is 23.2. The quantitative estimate of drug-likeness (QED) is 0.119. The minimum Gasteiger partial charge on any atom is -0.507 e.